The Morgan fingerprint density at radius 2 is 1.82 bits per heavy atom. The Kier molecular flexibility index (Phi) is 6.03. The zero-order chi connectivity index (χ0) is 16.8. The van der Waals surface area contributed by atoms with Crippen LogP contribution in [0.5, 0.6) is 11.5 Å². The van der Waals surface area contributed by atoms with Crippen molar-refractivity contribution >= 4 is 12.0 Å². The van der Waals surface area contributed by atoms with Gasteiger partial charge in [0.25, 0.3) is 5.91 Å². The van der Waals surface area contributed by atoms with E-state index in [9.17, 15) is 14.7 Å². The van der Waals surface area contributed by atoms with E-state index in [4.69, 9.17) is 9.47 Å². The lowest BCUT2D eigenvalue weighted by Crippen LogP contribution is -2.37. The number of nitrogens with one attached hydrogen (secondary N) is 2. The molecule has 0 saturated heterocycles. The van der Waals surface area contributed by atoms with E-state index in [-0.39, 0.29) is 24.4 Å². The average molecular weight is 310 g/mol. The minimum Gasteiger partial charge on any atom is -0.507 e. The maximum absolute atomic E-state index is 11.9. The predicted octanol–water partition coefficient (Wildman–Crippen LogP) is 1.66. The number of rotatable bonds is 5. The van der Waals surface area contributed by atoms with Crippen molar-refractivity contribution in [1.82, 2.24) is 10.6 Å². The molecule has 1 aromatic rings. The minimum atomic E-state index is -0.567. The first kappa shape index (κ1) is 17.6. The van der Waals surface area contributed by atoms with Crippen LogP contribution in [0.3, 0.4) is 0 Å². The van der Waals surface area contributed by atoms with E-state index in [0.29, 0.717) is 5.75 Å². The van der Waals surface area contributed by atoms with E-state index < -0.39 is 17.6 Å². The van der Waals surface area contributed by atoms with Gasteiger partial charge in [-0.05, 0) is 32.9 Å². The number of methoxy groups -OCH3 is 1. The first-order valence-corrected chi connectivity index (χ1v) is 6.85. The van der Waals surface area contributed by atoms with Gasteiger partial charge in [0.2, 0.25) is 0 Å². The van der Waals surface area contributed by atoms with Crippen LogP contribution in [-0.2, 0) is 4.74 Å². The second-order valence-electron chi connectivity index (χ2n) is 5.57. The third-order valence-electron chi connectivity index (χ3n) is 2.53. The predicted molar refractivity (Wildman–Crippen MR) is 81.2 cm³/mol. The van der Waals surface area contributed by atoms with Crippen molar-refractivity contribution in [2.75, 3.05) is 20.2 Å². The van der Waals surface area contributed by atoms with Gasteiger partial charge in [0.05, 0.1) is 12.7 Å². The second kappa shape index (κ2) is 7.53. The van der Waals surface area contributed by atoms with Gasteiger partial charge in [0, 0.05) is 19.2 Å². The molecule has 122 valence electrons. The van der Waals surface area contributed by atoms with Gasteiger partial charge in [0.15, 0.2) is 0 Å². The zero-order valence-electron chi connectivity index (χ0n) is 13.2. The highest BCUT2D eigenvalue weighted by molar-refractivity contribution is 5.97. The van der Waals surface area contributed by atoms with E-state index in [2.05, 4.69) is 10.6 Å². The first-order chi connectivity index (χ1) is 10.2. The molecule has 0 aliphatic carbocycles. The van der Waals surface area contributed by atoms with Gasteiger partial charge in [-0.3, -0.25) is 4.79 Å². The normalized spacial score (nSPS) is 10.7. The summed E-state index contributed by atoms with van der Waals surface area (Å²) in [5.74, 6) is -0.149. The molecule has 1 rings (SSSR count). The number of hydrogen-bond acceptors (Lipinski definition) is 5. The summed E-state index contributed by atoms with van der Waals surface area (Å²) in [6, 6.07) is 4.40. The molecule has 7 heteroatoms. The van der Waals surface area contributed by atoms with E-state index in [1.165, 1.54) is 19.2 Å². The lowest BCUT2D eigenvalue weighted by molar-refractivity contribution is 0.0526. The number of carbonyl (C=O) groups excluding carboxylic acids is 2. The first-order valence-electron chi connectivity index (χ1n) is 6.85. The average Bonchev–Trinajstić information content (AvgIpc) is 2.41. The van der Waals surface area contributed by atoms with E-state index in [0.717, 1.165) is 0 Å². The Hall–Kier alpha value is -2.44. The molecule has 0 aliphatic heterocycles. The molecule has 0 radical (unpaired) electrons. The lowest BCUT2D eigenvalue weighted by atomic mass is 10.2. The van der Waals surface area contributed by atoms with Crippen molar-refractivity contribution in [3.8, 4) is 11.5 Å². The molecule has 0 bridgehead atoms. The fraction of sp³-hybridized carbons (Fsp3) is 0.467. The number of phenols is 1. The minimum absolute atomic E-state index is 0.137. The van der Waals surface area contributed by atoms with Crippen molar-refractivity contribution in [1.29, 1.82) is 0 Å². The quantitative estimate of drug-likeness (QED) is 0.719. The van der Waals surface area contributed by atoms with Crippen LogP contribution in [0.4, 0.5) is 4.79 Å². The van der Waals surface area contributed by atoms with E-state index in [1.54, 1.807) is 26.8 Å². The number of benzene rings is 1. The van der Waals surface area contributed by atoms with Crippen LogP contribution in [0.15, 0.2) is 18.2 Å². The molecular formula is C15H22N2O5. The molecule has 1 aromatic carbocycles. The Balaban J connectivity index is 2.39. The Bertz CT molecular complexity index is 537. The highest BCUT2D eigenvalue weighted by Gasteiger charge is 2.16. The number of ether oxygens (including phenoxy) is 2. The fourth-order valence-corrected chi connectivity index (χ4v) is 1.58. The lowest BCUT2D eigenvalue weighted by Gasteiger charge is -2.19. The van der Waals surface area contributed by atoms with Crippen LogP contribution < -0.4 is 15.4 Å². The summed E-state index contributed by atoms with van der Waals surface area (Å²) >= 11 is 0. The smallest absolute Gasteiger partial charge is 0.407 e. The van der Waals surface area contributed by atoms with Crippen LogP contribution in [-0.4, -0.2) is 42.9 Å². The van der Waals surface area contributed by atoms with Gasteiger partial charge >= 0.3 is 6.09 Å². The van der Waals surface area contributed by atoms with Crippen molar-refractivity contribution < 1.29 is 24.2 Å². The van der Waals surface area contributed by atoms with Crippen LogP contribution >= 0.6 is 0 Å². The molecule has 0 fully saturated rings. The van der Waals surface area contributed by atoms with Gasteiger partial charge in [-0.15, -0.1) is 0 Å². The molecule has 2 amide bonds. The molecule has 0 unspecified atom stereocenters. The van der Waals surface area contributed by atoms with Gasteiger partial charge in [-0.1, -0.05) is 0 Å². The summed E-state index contributed by atoms with van der Waals surface area (Å²) in [7, 11) is 1.47. The third-order valence-corrected chi connectivity index (χ3v) is 2.53. The van der Waals surface area contributed by atoms with Crippen molar-refractivity contribution in [2.24, 2.45) is 0 Å². The van der Waals surface area contributed by atoms with E-state index in [1.807, 2.05) is 0 Å². The molecule has 0 heterocycles. The van der Waals surface area contributed by atoms with Gasteiger partial charge in [-0.25, -0.2) is 4.79 Å². The molecule has 7 nitrogen and oxygen atoms in total. The molecular weight excluding hydrogens is 288 g/mol. The number of alkyl carbamates (subject to hydrolysis) is 1. The molecule has 22 heavy (non-hydrogen) atoms. The Morgan fingerprint density at radius 3 is 2.36 bits per heavy atom. The number of amides is 2. The number of hydrogen-bond donors (Lipinski definition) is 3. The molecule has 0 atom stereocenters. The highest BCUT2D eigenvalue weighted by Crippen LogP contribution is 2.23. The molecule has 0 spiro atoms. The summed E-state index contributed by atoms with van der Waals surface area (Å²) in [6.07, 6.45) is -0.547. The summed E-state index contributed by atoms with van der Waals surface area (Å²) < 4.78 is 10.00. The summed E-state index contributed by atoms with van der Waals surface area (Å²) in [6.45, 7) is 5.73. The molecule has 3 N–H and O–H groups in total. The molecule has 0 aromatic heterocycles. The summed E-state index contributed by atoms with van der Waals surface area (Å²) in [4.78, 5) is 23.3. The summed E-state index contributed by atoms with van der Waals surface area (Å²) in [5, 5.41) is 14.8. The Morgan fingerprint density at radius 1 is 1.18 bits per heavy atom. The van der Waals surface area contributed by atoms with Crippen LogP contribution in [0.1, 0.15) is 31.1 Å². The number of aromatic hydroxyl groups is 1. The number of carbonyl (C=O) groups is 2. The van der Waals surface area contributed by atoms with Crippen molar-refractivity contribution in [3.63, 3.8) is 0 Å². The van der Waals surface area contributed by atoms with Crippen LogP contribution in [0.25, 0.3) is 0 Å². The maximum atomic E-state index is 11.9. The topological polar surface area (TPSA) is 96.9 Å². The van der Waals surface area contributed by atoms with Crippen LogP contribution in [0.2, 0.25) is 0 Å². The van der Waals surface area contributed by atoms with Crippen molar-refractivity contribution in [3.05, 3.63) is 23.8 Å². The second-order valence-corrected chi connectivity index (χ2v) is 5.57. The molecule has 0 saturated carbocycles. The number of phenolic OH excluding ortho intramolecular Hbond substituents is 1. The maximum Gasteiger partial charge on any atom is 0.407 e. The molecule has 0 aliphatic rings. The Labute approximate surface area is 129 Å². The monoisotopic (exact) mass is 310 g/mol. The largest absolute Gasteiger partial charge is 0.507 e. The highest BCUT2D eigenvalue weighted by atomic mass is 16.6. The SMILES string of the molecule is COc1ccc(C(=O)NCCNC(=O)OC(C)(C)C)c(O)c1. The fourth-order valence-electron chi connectivity index (χ4n) is 1.58. The van der Waals surface area contributed by atoms with Gasteiger partial charge in [0.1, 0.15) is 17.1 Å². The van der Waals surface area contributed by atoms with Gasteiger partial charge < -0.3 is 25.2 Å². The standard InChI is InChI=1S/C15H22N2O5/c1-15(2,3)22-14(20)17-8-7-16-13(19)11-6-5-10(21-4)9-12(11)18/h5-6,9,18H,7-8H2,1-4H3,(H,16,19)(H,17,20). The summed E-state index contributed by atoms with van der Waals surface area (Å²) in [5.41, 5.74) is -0.430. The van der Waals surface area contributed by atoms with E-state index >= 15 is 0 Å². The zero-order valence-corrected chi connectivity index (χ0v) is 13.2. The van der Waals surface area contributed by atoms with Crippen LogP contribution in [0, 0.1) is 0 Å². The van der Waals surface area contributed by atoms with Gasteiger partial charge in [-0.2, -0.15) is 0 Å². The third kappa shape index (κ3) is 5.90. The van der Waals surface area contributed by atoms with Crippen molar-refractivity contribution in [2.45, 2.75) is 26.4 Å².